The van der Waals surface area contributed by atoms with Crippen molar-refractivity contribution in [3.8, 4) is 5.75 Å². The third kappa shape index (κ3) is 2.19. The molecule has 0 fully saturated rings. The molecule has 0 radical (unpaired) electrons. The van der Waals surface area contributed by atoms with Crippen LogP contribution in [-0.4, -0.2) is 28.2 Å². The minimum atomic E-state index is 0. The van der Waals surface area contributed by atoms with Gasteiger partial charge in [0.2, 0.25) is 0 Å². The minimum Gasteiger partial charge on any atom is -1.00 e. The first-order chi connectivity index (χ1) is 4.34. The zero-order valence-corrected chi connectivity index (χ0v) is 7.59. The number of hydrogen-bond donors (Lipinski definition) is 1. The van der Waals surface area contributed by atoms with Crippen LogP contribution in [0.5, 0.6) is 5.75 Å². The second kappa shape index (κ2) is 4.58. The Labute approximate surface area is 80.2 Å². The molecule has 0 atom stereocenters. The van der Waals surface area contributed by atoms with E-state index >= 15 is 0 Å². The largest absolute Gasteiger partial charge is 2.00 e. The molecule has 0 amide bonds. The smallest absolute Gasteiger partial charge is 1.00 e. The quantitative estimate of drug-likeness (QED) is 0.602. The molecule has 1 rings (SSSR count). The van der Waals surface area contributed by atoms with Crippen molar-refractivity contribution >= 4 is 23.1 Å². The average molecular weight is 148 g/mol. The Morgan fingerprint density at radius 2 is 2.00 bits per heavy atom. The summed E-state index contributed by atoms with van der Waals surface area (Å²) >= 11 is 0. The number of para-hydroxylation sites is 1. The summed E-state index contributed by atoms with van der Waals surface area (Å²) < 4.78 is 0. The monoisotopic (exact) mass is 148 g/mol. The van der Waals surface area contributed by atoms with E-state index in [1.165, 1.54) is 0 Å². The molecule has 0 bridgehead atoms. The Hall–Kier alpha value is -0.214. The summed E-state index contributed by atoms with van der Waals surface area (Å²) in [6.07, 6.45) is 0.896. The number of aromatic hydroxyl groups is 1. The van der Waals surface area contributed by atoms with Crippen LogP contribution in [0.1, 0.15) is 15.3 Å². The van der Waals surface area contributed by atoms with Crippen LogP contribution in [0.25, 0.3) is 0 Å². The molecule has 1 N–H and O–H groups in total. The van der Waals surface area contributed by atoms with Crippen molar-refractivity contribution in [3.05, 3.63) is 29.8 Å². The molecular formula is C8H12MgO. The van der Waals surface area contributed by atoms with Gasteiger partial charge in [0.05, 0.1) is 0 Å². The fourth-order valence-corrected chi connectivity index (χ4v) is 0.810. The van der Waals surface area contributed by atoms with E-state index in [0.29, 0.717) is 5.75 Å². The van der Waals surface area contributed by atoms with E-state index in [1.807, 2.05) is 25.1 Å². The van der Waals surface area contributed by atoms with E-state index in [9.17, 15) is 0 Å². The van der Waals surface area contributed by atoms with Crippen LogP contribution in [0, 0.1) is 0 Å². The summed E-state index contributed by atoms with van der Waals surface area (Å²) in [6, 6.07) is 7.39. The average Bonchev–Trinajstić information content (AvgIpc) is 1.89. The topological polar surface area (TPSA) is 20.2 Å². The molecule has 0 saturated carbocycles. The zero-order valence-electron chi connectivity index (χ0n) is 8.17. The molecule has 1 aromatic carbocycles. The Kier molecular flexibility index (Phi) is 4.48. The molecule has 52 valence electrons. The summed E-state index contributed by atoms with van der Waals surface area (Å²) in [6.45, 7) is 2.02. The van der Waals surface area contributed by atoms with Crippen LogP contribution >= 0.6 is 0 Å². The van der Waals surface area contributed by atoms with Crippen molar-refractivity contribution in [2.75, 3.05) is 0 Å². The van der Waals surface area contributed by atoms with Crippen LogP contribution in [-0.2, 0) is 6.42 Å². The fraction of sp³-hybridized carbons (Fsp3) is 0.250. The number of benzene rings is 1. The minimum absolute atomic E-state index is 0. The first kappa shape index (κ1) is 9.79. The Bertz CT molecular complexity index is 206. The van der Waals surface area contributed by atoms with Gasteiger partial charge in [-0.25, -0.2) is 0 Å². The van der Waals surface area contributed by atoms with Gasteiger partial charge in [0.25, 0.3) is 0 Å². The number of hydrogen-bond acceptors (Lipinski definition) is 1. The number of phenols is 1. The van der Waals surface area contributed by atoms with Crippen molar-refractivity contribution in [2.45, 2.75) is 13.3 Å². The van der Waals surface area contributed by atoms with Gasteiger partial charge in [0.1, 0.15) is 5.75 Å². The molecule has 1 aromatic rings. The van der Waals surface area contributed by atoms with Gasteiger partial charge >= 0.3 is 23.1 Å². The van der Waals surface area contributed by atoms with Crippen molar-refractivity contribution < 1.29 is 7.96 Å². The summed E-state index contributed by atoms with van der Waals surface area (Å²) in [5, 5.41) is 9.11. The van der Waals surface area contributed by atoms with Crippen molar-refractivity contribution in [1.29, 1.82) is 0 Å². The molecule has 0 saturated heterocycles. The van der Waals surface area contributed by atoms with Crippen LogP contribution in [0.15, 0.2) is 24.3 Å². The summed E-state index contributed by atoms with van der Waals surface area (Å²) in [5.74, 6) is 0.403. The van der Waals surface area contributed by atoms with E-state index in [1.54, 1.807) is 6.07 Å². The molecule has 0 spiro atoms. The molecule has 0 aliphatic heterocycles. The van der Waals surface area contributed by atoms with Crippen molar-refractivity contribution in [3.63, 3.8) is 0 Å². The summed E-state index contributed by atoms with van der Waals surface area (Å²) in [7, 11) is 0. The normalized spacial score (nSPS) is 8.50. The van der Waals surface area contributed by atoms with Gasteiger partial charge in [-0.1, -0.05) is 25.1 Å². The van der Waals surface area contributed by atoms with Gasteiger partial charge < -0.3 is 7.96 Å². The maximum absolute atomic E-state index is 9.11. The molecule has 0 aliphatic carbocycles. The van der Waals surface area contributed by atoms with Gasteiger partial charge in [-0.3, -0.25) is 0 Å². The van der Waals surface area contributed by atoms with Gasteiger partial charge in [-0.15, -0.1) is 0 Å². The Morgan fingerprint density at radius 3 is 2.40 bits per heavy atom. The molecule has 0 unspecified atom stereocenters. The van der Waals surface area contributed by atoms with E-state index < -0.39 is 0 Å². The zero-order chi connectivity index (χ0) is 6.69. The van der Waals surface area contributed by atoms with E-state index in [4.69, 9.17) is 5.11 Å². The maximum Gasteiger partial charge on any atom is 2.00 e. The SMILES string of the molecule is CCc1ccccc1O.[H-].[H-].[Mg+2]. The van der Waals surface area contributed by atoms with E-state index in [2.05, 4.69) is 0 Å². The number of rotatable bonds is 1. The predicted molar refractivity (Wildman–Crippen MR) is 45.5 cm³/mol. The first-order valence-electron chi connectivity index (χ1n) is 3.11. The third-order valence-corrected chi connectivity index (χ3v) is 1.37. The van der Waals surface area contributed by atoms with Gasteiger partial charge in [-0.05, 0) is 18.1 Å². The molecule has 0 aliphatic rings. The molecule has 0 heterocycles. The van der Waals surface area contributed by atoms with E-state index in [-0.39, 0.29) is 25.9 Å². The van der Waals surface area contributed by atoms with Crippen LogP contribution < -0.4 is 0 Å². The fourth-order valence-electron chi connectivity index (χ4n) is 0.810. The van der Waals surface area contributed by atoms with Crippen molar-refractivity contribution in [2.24, 2.45) is 0 Å². The van der Waals surface area contributed by atoms with Crippen LogP contribution in [0.3, 0.4) is 0 Å². The molecule has 1 nitrogen and oxygen atoms in total. The van der Waals surface area contributed by atoms with Crippen molar-refractivity contribution in [1.82, 2.24) is 0 Å². The standard InChI is InChI=1S/C8H10O.Mg.2H/c1-2-7-5-3-4-6-8(7)9;;;/h3-6,9H,2H2,1H3;;;/q;+2;2*-1. The Morgan fingerprint density at radius 1 is 1.40 bits per heavy atom. The maximum atomic E-state index is 9.11. The first-order valence-corrected chi connectivity index (χ1v) is 3.11. The number of aryl methyl sites for hydroxylation is 1. The van der Waals surface area contributed by atoms with Gasteiger partial charge in [0, 0.05) is 0 Å². The second-order valence-electron chi connectivity index (χ2n) is 1.98. The van der Waals surface area contributed by atoms with Crippen LogP contribution in [0.2, 0.25) is 0 Å². The number of phenolic OH excluding ortho intramolecular Hbond substituents is 1. The van der Waals surface area contributed by atoms with Gasteiger partial charge in [-0.2, -0.15) is 0 Å². The third-order valence-electron chi connectivity index (χ3n) is 1.37. The molecule has 10 heavy (non-hydrogen) atoms. The predicted octanol–water partition coefficient (Wildman–Crippen LogP) is 1.80. The summed E-state index contributed by atoms with van der Waals surface area (Å²) in [4.78, 5) is 0. The van der Waals surface area contributed by atoms with E-state index in [0.717, 1.165) is 12.0 Å². The van der Waals surface area contributed by atoms with Gasteiger partial charge in [0.15, 0.2) is 0 Å². The molecule has 2 heteroatoms. The Balaban J connectivity index is -0.000000270. The molecular weight excluding hydrogens is 136 g/mol. The molecule has 0 aromatic heterocycles. The summed E-state index contributed by atoms with van der Waals surface area (Å²) in [5.41, 5.74) is 1.01. The second-order valence-corrected chi connectivity index (χ2v) is 1.98. The van der Waals surface area contributed by atoms with Crippen LogP contribution in [0.4, 0.5) is 0 Å².